The minimum Gasteiger partial charge on any atom is -0.494 e. The van der Waals surface area contributed by atoms with Crippen molar-refractivity contribution >= 4 is 10.9 Å². The first-order chi connectivity index (χ1) is 14.1. The Labute approximate surface area is 169 Å². The molecule has 0 radical (unpaired) electrons. The van der Waals surface area contributed by atoms with Crippen LogP contribution in [0.5, 0.6) is 5.88 Å². The number of nitrogens with one attached hydrogen (secondary N) is 2. The van der Waals surface area contributed by atoms with Gasteiger partial charge in [0, 0.05) is 53.8 Å². The number of rotatable bonds is 2. The quantitative estimate of drug-likeness (QED) is 0.621. The lowest BCUT2D eigenvalue weighted by Crippen LogP contribution is -2.56. The Morgan fingerprint density at radius 3 is 2.86 bits per heavy atom. The predicted molar refractivity (Wildman–Crippen MR) is 114 cm³/mol. The molecule has 150 valence electrons. The lowest BCUT2D eigenvalue weighted by atomic mass is 9.65. The smallest absolute Gasteiger partial charge is 0.251 e. The van der Waals surface area contributed by atoms with Crippen molar-refractivity contribution in [1.82, 2.24) is 14.9 Å². The number of piperidine rings is 2. The van der Waals surface area contributed by atoms with E-state index in [1.54, 1.807) is 12.1 Å². The van der Waals surface area contributed by atoms with E-state index in [0.29, 0.717) is 12.0 Å². The van der Waals surface area contributed by atoms with Crippen LogP contribution in [0.15, 0.2) is 35.1 Å². The summed E-state index contributed by atoms with van der Waals surface area (Å²) in [6, 6.07) is 10.2. The predicted octanol–water partition coefficient (Wildman–Crippen LogP) is 3.99. The van der Waals surface area contributed by atoms with E-state index in [-0.39, 0.29) is 11.4 Å². The fourth-order valence-corrected chi connectivity index (χ4v) is 6.57. The van der Waals surface area contributed by atoms with Gasteiger partial charge in [0.05, 0.1) is 0 Å². The molecule has 2 unspecified atom stereocenters. The van der Waals surface area contributed by atoms with Crippen molar-refractivity contribution in [3.8, 4) is 17.0 Å². The summed E-state index contributed by atoms with van der Waals surface area (Å²) in [6.45, 7) is 4.77. The van der Waals surface area contributed by atoms with Crippen LogP contribution in [-0.4, -0.2) is 39.1 Å². The van der Waals surface area contributed by atoms with Gasteiger partial charge in [0.1, 0.15) is 0 Å². The van der Waals surface area contributed by atoms with E-state index in [9.17, 15) is 9.90 Å². The monoisotopic (exact) mass is 389 g/mol. The molecule has 5 heteroatoms. The normalized spacial score (nSPS) is 30.3. The van der Waals surface area contributed by atoms with Crippen LogP contribution in [0, 0.1) is 11.8 Å². The Kier molecular flexibility index (Phi) is 3.73. The van der Waals surface area contributed by atoms with E-state index in [0.717, 1.165) is 35.9 Å². The molecule has 3 N–H and O–H groups in total. The van der Waals surface area contributed by atoms with Crippen LogP contribution in [0.3, 0.4) is 0 Å². The summed E-state index contributed by atoms with van der Waals surface area (Å²) in [5.41, 5.74) is 5.56. The SMILES string of the molecule is CC[C@H]1C[C@H]2C[C@H]3c4[nH]c5ccc(-c6cc(O)[nH]c(=O)c6)cc5c4CCN(C2)C13. The van der Waals surface area contributed by atoms with Crippen LogP contribution in [0.25, 0.3) is 22.0 Å². The van der Waals surface area contributed by atoms with Gasteiger partial charge in [-0.15, -0.1) is 0 Å². The van der Waals surface area contributed by atoms with Gasteiger partial charge in [-0.3, -0.25) is 14.7 Å². The van der Waals surface area contributed by atoms with Gasteiger partial charge in [0.25, 0.3) is 5.56 Å². The molecule has 2 saturated heterocycles. The number of H-pyrrole nitrogens is 2. The number of hydrogen-bond donors (Lipinski definition) is 3. The number of aromatic amines is 2. The Morgan fingerprint density at radius 2 is 2.03 bits per heavy atom. The van der Waals surface area contributed by atoms with E-state index in [1.807, 2.05) is 6.07 Å². The van der Waals surface area contributed by atoms with Gasteiger partial charge in [-0.05, 0) is 59.9 Å². The molecule has 4 aliphatic rings. The molecular weight excluding hydrogens is 362 g/mol. The first-order valence-corrected chi connectivity index (χ1v) is 10.9. The molecule has 3 aromatic rings. The summed E-state index contributed by atoms with van der Waals surface area (Å²) >= 11 is 0. The second kappa shape index (κ2) is 6.23. The van der Waals surface area contributed by atoms with Crippen LogP contribution in [-0.2, 0) is 6.42 Å². The summed E-state index contributed by atoms with van der Waals surface area (Å²) in [6.07, 6.45) is 5.07. The molecule has 0 spiro atoms. The van der Waals surface area contributed by atoms with E-state index in [4.69, 9.17) is 0 Å². The van der Waals surface area contributed by atoms with Gasteiger partial charge in [-0.25, -0.2) is 0 Å². The second-order valence-corrected chi connectivity index (χ2v) is 9.24. The summed E-state index contributed by atoms with van der Waals surface area (Å²) in [4.78, 5) is 20.8. The summed E-state index contributed by atoms with van der Waals surface area (Å²) in [7, 11) is 0. The fourth-order valence-electron chi connectivity index (χ4n) is 6.57. The molecule has 4 bridgehead atoms. The zero-order valence-electron chi connectivity index (χ0n) is 16.7. The van der Waals surface area contributed by atoms with Crippen molar-refractivity contribution < 1.29 is 5.11 Å². The number of aromatic hydroxyl groups is 1. The van der Waals surface area contributed by atoms with Crippen LogP contribution in [0.4, 0.5) is 0 Å². The average Bonchev–Trinajstić information content (AvgIpc) is 3.04. The van der Waals surface area contributed by atoms with Crippen molar-refractivity contribution in [2.75, 3.05) is 13.1 Å². The maximum Gasteiger partial charge on any atom is 0.251 e. The van der Waals surface area contributed by atoms with Gasteiger partial charge < -0.3 is 10.1 Å². The molecule has 5 heterocycles. The highest BCUT2D eigenvalue weighted by Gasteiger charge is 2.48. The van der Waals surface area contributed by atoms with Crippen LogP contribution in [0.2, 0.25) is 0 Å². The minimum atomic E-state index is -0.281. The molecule has 1 aliphatic carbocycles. The molecule has 29 heavy (non-hydrogen) atoms. The Morgan fingerprint density at radius 1 is 1.14 bits per heavy atom. The van der Waals surface area contributed by atoms with Crippen LogP contribution < -0.4 is 5.56 Å². The van der Waals surface area contributed by atoms with Crippen molar-refractivity contribution in [3.05, 3.63) is 51.9 Å². The maximum atomic E-state index is 11.8. The van der Waals surface area contributed by atoms with Gasteiger partial charge >= 0.3 is 0 Å². The van der Waals surface area contributed by atoms with E-state index in [2.05, 4.69) is 33.9 Å². The topological polar surface area (TPSA) is 72.1 Å². The molecule has 0 amide bonds. The molecule has 5 nitrogen and oxygen atoms in total. The third-order valence-electron chi connectivity index (χ3n) is 7.68. The van der Waals surface area contributed by atoms with E-state index in [1.165, 1.54) is 48.0 Å². The number of nitrogens with zero attached hydrogens (tertiary/aromatic N) is 1. The standard InChI is InChI=1S/C24H27N3O2/c1-2-14-7-13-8-19-23-17(5-6-27(12-13)24(14)19)18-9-15(3-4-20(18)25-23)16-10-21(28)26-22(29)11-16/h3-4,9-11,13-14,19,24-25H,2,5-8,12H2,1H3,(H2,26,28,29)/t13-,14-,19-,24?/m0/s1. The third kappa shape index (κ3) is 2.60. The molecule has 3 fully saturated rings. The van der Waals surface area contributed by atoms with E-state index < -0.39 is 0 Å². The first kappa shape index (κ1) is 17.3. The average molecular weight is 389 g/mol. The van der Waals surface area contributed by atoms with Gasteiger partial charge in [-0.2, -0.15) is 0 Å². The minimum absolute atomic E-state index is 0.0938. The zero-order valence-corrected chi connectivity index (χ0v) is 16.7. The molecule has 3 aliphatic heterocycles. The van der Waals surface area contributed by atoms with Crippen molar-refractivity contribution in [2.45, 2.75) is 44.6 Å². The summed E-state index contributed by atoms with van der Waals surface area (Å²) in [5, 5.41) is 11.1. The third-order valence-corrected chi connectivity index (χ3v) is 7.68. The van der Waals surface area contributed by atoms with Gasteiger partial charge in [-0.1, -0.05) is 19.4 Å². The molecule has 7 rings (SSSR count). The first-order valence-electron chi connectivity index (χ1n) is 10.9. The van der Waals surface area contributed by atoms with Crippen LogP contribution >= 0.6 is 0 Å². The largest absolute Gasteiger partial charge is 0.494 e. The maximum absolute atomic E-state index is 11.8. The van der Waals surface area contributed by atoms with Crippen molar-refractivity contribution in [3.63, 3.8) is 0 Å². The van der Waals surface area contributed by atoms with E-state index >= 15 is 0 Å². The number of fused-ring (bicyclic) bond motifs is 4. The number of aromatic nitrogens is 2. The van der Waals surface area contributed by atoms with Gasteiger partial charge in [0.2, 0.25) is 0 Å². The summed E-state index contributed by atoms with van der Waals surface area (Å²) in [5.74, 6) is 2.18. The number of pyridine rings is 1. The highest BCUT2D eigenvalue weighted by atomic mass is 16.3. The summed E-state index contributed by atoms with van der Waals surface area (Å²) < 4.78 is 0. The van der Waals surface area contributed by atoms with Crippen molar-refractivity contribution in [2.24, 2.45) is 11.8 Å². The highest BCUT2D eigenvalue weighted by Crippen LogP contribution is 2.51. The van der Waals surface area contributed by atoms with Gasteiger partial charge in [0.15, 0.2) is 5.88 Å². The Bertz CT molecular complexity index is 1160. The molecule has 1 aromatic carbocycles. The molecule has 5 atom stereocenters. The lowest BCUT2D eigenvalue weighted by molar-refractivity contribution is -0.0134. The molecule has 2 aromatic heterocycles. The Balaban J connectivity index is 1.49. The number of hydrogen-bond acceptors (Lipinski definition) is 3. The van der Waals surface area contributed by atoms with Crippen LogP contribution in [0.1, 0.15) is 43.4 Å². The molecular formula is C24H27N3O2. The number of benzene rings is 1. The molecule has 1 saturated carbocycles. The lowest BCUT2D eigenvalue weighted by Gasteiger charge is -2.53. The fraction of sp³-hybridized carbons (Fsp3) is 0.458. The second-order valence-electron chi connectivity index (χ2n) is 9.24. The van der Waals surface area contributed by atoms with Crippen molar-refractivity contribution in [1.29, 1.82) is 0 Å². The highest BCUT2D eigenvalue weighted by molar-refractivity contribution is 5.89. The zero-order chi connectivity index (χ0) is 19.7. The Hall–Kier alpha value is -2.53.